The number of hydrogen-bond acceptors (Lipinski definition) is 4. The zero-order valence-corrected chi connectivity index (χ0v) is 10.8. The molecule has 0 radical (unpaired) electrons. The lowest BCUT2D eigenvalue weighted by Crippen LogP contribution is -2.36. The van der Waals surface area contributed by atoms with Crippen molar-refractivity contribution in [1.29, 1.82) is 0 Å². The highest BCUT2D eigenvalue weighted by atomic mass is 16.5. The summed E-state index contributed by atoms with van der Waals surface area (Å²) in [6.45, 7) is 7.90. The maximum atomic E-state index is 11.1. The Morgan fingerprint density at radius 1 is 1.50 bits per heavy atom. The molecular formula is C12H19N3O3. The Hall–Kier alpha value is -1.40. The van der Waals surface area contributed by atoms with Crippen molar-refractivity contribution in [2.45, 2.75) is 26.4 Å². The van der Waals surface area contributed by atoms with Gasteiger partial charge >= 0.3 is 5.97 Å². The lowest BCUT2D eigenvalue weighted by Gasteiger charge is -2.27. The molecule has 1 aliphatic rings. The first-order chi connectivity index (χ1) is 8.59. The van der Waals surface area contributed by atoms with E-state index in [1.165, 1.54) is 0 Å². The van der Waals surface area contributed by atoms with Crippen molar-refractivity contribution in [3.63, 3.8) is 0 Å². The van der Waals surface area contributed by atoms with Crippen LogP contribution < -0.4 is 0 Å². The first kappa shape index (κ1) is 13.0. The summed E-state index contributed by atoms with van der Waals surface area (Å²) in [5, 5.41) is 9.12. The van der Waals surface area contributed by atoms with Gasteiger partial charge < -0.3 is 14.4 Å². The molecule has 0 unspecified atom stereocenters. The number of morpholine rings is 1. The highest BCUT2D eigenvalue weighted by molar-refractivity contribution is 5.83. The summed E-state index contributed by atoms with van der Waals surface area (Å²) in [7, 11) is 0. The molecule has 1 aromatic rings. The van der Waals surface area contributed by atoms with Gasteiger partial charge in [-0.2, -0.15) is 0 Å². The van der Waals surface area contributed by atoms with Crippen LogP contribution >= 0.6 is 0 Å². The molecule has 6 nitrogen and oxygen atoms in total. The molecule has 0 bridgehead atoms. The lowest BCUT2D eigenvalue weighted by molar-refractivity contribution is 0.0329. The Kier molecular flexibility index (Phi) is 3.98. The van der Waals surface area contributed by atoms with E-state index in [0.29, 0.717) is 0 Å². The minimum atomic E-state index is -0.975. The Morgan fingerprint density at radius 2 is 2.17 bits per heavy atom. The predicted molar refractivity (Wildman–Crippen MR) is 65.7 cm³/mol. The summed E-state index contributed by atoms with van der Waals surface area (Å²) in [6, 6.07) is 0.0923. The van der Waals surface area contributed by atoms with Crippen LogP contribution in [0.1, 0.15) is 36.2 Å². The normalized spacial score (nSPS) is 17.3. The van der Waals surface area contributed by atoms with Gasteiger partial charge in [0.05, 0.1) is 25.1 Å². The van der Waals surface area contributed by atoms with Gasteiger partial charge in [0, 0.05) is 25.7 Å². The molecule has 6 heteroatoms. The van der Waals surface area contributed by atoms with Crippen molar-refractivity contribution in [3.8, 4) is 0 Å². The summed E-state index contributed by atoms with van der Waals surface area (Å²) in [5.74, 6) is -0.856. The Labute approximate surface area is 106 Å². The zero-order chi connectivity index (χ0) is 13.1. The second-order valence-corrected chi connectivity index (χ2v) is 4.73. The van der Waals surface area contributed by atoms with Gasteiger partial charge in [-0.1, -0.05) is 0 Å². The summed E-state index contributed by atoms with van der Waals surface area (Å²) >= 11 is 0. The maximum absolute atomic E-state index is 11.1. The molecule has 1 aliphatic heterocycles. The van der Waals surface area contributed by atoms with Crippen LogP contribution in [0.4, 0.5) is 0 Å². The van der Waals surface area contributed by atoms with Crippen LogP contribution in [-0.4, -0.2) is 51.8 Å². The largest absolute Gasteiger partial charge is 0.475 e. The molecule has 100 valence electrons. The van der Waals surface area contributed by atoms with Gasteiger partial charge in [-0.05, 0) is 13.8 Å². The van der Waals surface area contributed by atoms with Crippen LogP contribution in [-0.2, 0) is 11.3 Å². The number of aromatic nitrogens is 2. The van der Waals surface area contributed by atoms with E-state index >= 15 is 0 Å². The van der Waals surface area contributed by atoms with Crippen molar-refractivity contribution >= 4 is 5.97 Å². The zero-order valence-electron chi connectivity index (χ0n) is 10.8. The molecule has 0 amide bonds. The van der Waals surface area contributed by atoms with Crippen LogP contribution in [0.2, 0.25) is 0 Å². The number of carbonyl (C=O) groups is 1. The van der Waals surface area contributed by atoms with E-state index in [4.69, 9.17) is 9.84 Å². The highest BCUT2D eigenvalue weighted by Gasteiger charge is 2.20. The fraction of sp³-hybridized carbons (Fsp3) is 0.667. The third-order valence-corrected chi connectivity index (χ3v) is 3.07. The number of aromatic carboxylic acids is 1. The summed E-state index contributed by atoms with van der Waals surface area (Å²) in [4.78, 5) is 17.4. The molecule has 1 aromatic heterocycles. The van der Waals surface area contributed by atoms with E-state index in [9.17, 15) is 4.79 Å². The van der Waals surface area contributed by atoms with Gasteiger partial charge in [0.15, 0.2) is 0 Å². The molecule has 0 spiro atoms. The van der Waals surface area contributed by atoms with Crippen molar-refractivity contribution in [2.24, 2.45) is 0 Å². The van der Waals surface area contributed by atoms with Gasteiger partial charge in [-0.3, -0.25) is 4.90 Å². The van der Waals surface area contributed by atoms with Crippen molar-refractivity contribution < 1.29 is 14.6 Å². The first-order valence-electron chi connectivity index (χ1n) is 6.19. The molecule has 0 atom stereocenters. The molecule has 1 saturated heterocycles. The number of imidazole rings is 1. The monoisotopic (exact) mass is 253 g/mol. The topological polar surface area (TPSA) is 67.6 Å². The smallest absolute Gasteiger partial charge is 0.372 e. The fourth-order valence-corrected chi connectivity index (χ4v) is 2.24. The Balaban J connectivity index is 2.19. The minimum Gasteiger partial charge on any atom is -0.475 e. The second-order valence-electron chi connectivity index (χ2n) is 4.73. The summed E-state index contributed by atoms with van der Waals surface area (Å²) < 4.78 is 7.09. The Bertz CT molecular complexity index is 422. The summed E-state index contributed by atoms with van der Waals surface area (Å²) in [6.07, 6.45) is 1.67. The lowest BCUT2D eigenvalue weighted by atomic mass is 10.3. The fourth-order valence-electron chi connectivity index (χ4n) is 2.24. The number of nitrogens with zero attached hydrogens (tertiary/aromatic N) is 3. The van der Waals surface area contributed by atoms with Crippen LogP contribution in [0.3, 0.4) is 0 Å². The summed E-state index contributed by atoms with van der Waals surface area (Å²) in [5.41, 5.74) is 0.948. The van der Waals surface area contributed by atoms with Crippen LogP contribution in [0.15, 0.2) is 6.20 Å². The molecule has 18 heavy (non-hydrogen) atoms. The quantitative estimate of drug-likeness (QED) is 0.867. The van der Waals surface area contributed by atoms with Gasteiger partial charge in [-0.25, -0.2) is 9.78 Å². The van der Waals surface area contributed by atoms with E-state index in [1.807, 2.05) is 13.8 Å². The van der Waals surface area contributed by atoms with E-state index in [2.05, 4.69) is 9.88 Å². The van der Waals surface area contributed by atoms with Crippen LogP contribution in [0.25, 0.3) is 0 Å². The number of carboxylic acid groups (broad SMARTS) is 1. The minimum absolute atomic E-state index is 0.0923. The molecule has 1 fully saturated rings. The molecule has 1 N–H and O–H groups in total. The van der Waals surface area contributed by atoms with Gasteiger partial charge in [-0.15, -0.1) is 0 Å². The van der Waals surface area contributed by atoms with Crippen molar-refractivity contribution in [3.05, 3.63) is 17.7 Å². The average molecular weight is 253 g/mol. The van der Waals surface area contributed by atoms with Gasteiger partial charge in [0.1, 0.15) is 0 Å². The molecule has 2 rings (SSSR count). The maximum Gasteiger partial charge on any atom is 0.372 e. The molecule has 0 saturated carbocycles. The standard InChI is InChI=1S/C12H19N3O3/c1-9(2)15-10(7-13-11(15)12(16)17)8-14-3-5-18-6-4-14/h7,9H,3-6,8H2,1-2H3,(H,16,17). The van der Waals surface area contributed by atoms with E-state index in [0.717, 1.165) is 38.5 Å². The van der Waals surface area contributed by atoms with E-state index < -0.39 is 5.97 Å². The molecule has 0 aromatic carbocycles. The highest BCUT2D eigenvalue weighted by Crippen LogP contribution is 2.16. The third kappa shape index (κ3) is 2.70. The number of rotatable bonds is 4. The second kappa shape index (κ2) is 5.49. The van der Waals surface area contributed by atoms with E-state index in [1.54, 1.807) is 10.8 Å². The van der Waals surface area contributed by atoms with Gasteiger partial charge in [0.2, 0.25) is 5.82 Å². The van der Waals surface area contributed by atoms with Crippen LogP contribution in [0.5, 0.6) is 0 Å². The van der Waals surface area contributed by atoms with Crippen molar-refractivity contribution in [2.75, 3.05) is 26.3 Å². The number of ether oxygens (including phenoxy) is 1. The molecular weight excluding hydrogens is 234 g/mol. The third-order valence-electron chi connectivity index (χ3n) is 3.07. The van der Waals surface area contributed by atoms with Crippen molar-refractivity contribution in [1.82, 2.24) is 14.5 Å². The molecule has 2 heterocycles. The molecule has 0 aliphatic carbocycles. The van der Waals surface area contributed by atoms with Crippen LogP contribution in [0, 0.1) is 0 Å². The average Bonchev–Trinajstić information content (AvgIpc) is 2.74. The Morgan fingerprint density at radius 3 is 2.72 bits per heavy atom. The SMILES string of the molecule is CC(C)n1c(CN2CCOCC2)cnc1C(=O)O. The first-order valence-corrected chi connectivity index (χ1v) is 6.19. The van der Waals surface area contributed by atoms with Gasteiger partial charge in [0.25, 0.3) is 0 Å². The number of carboxylic acids is 1. The number of hydrogen-bond donors (Lipinski definition) is 1. The predicted octanol–water partition coefficient (Wildman–Crippen LogP) is 0.994. The van der Waals surface area contributed by atoms with E-state index in [-0.39, 0.29) is 11.9 Å².